The lowest BCUT2D eigenvalue weighted by Crippen LogP contribution is -2.61. The molecular weight excluding hydrogens is 679 g/mol. The number of amides is 1. The van der Waals surface area contributed by atoms with Crippen molar-refractivity contribution in [2.75, 3.05) is 45.4 Å². The van der Waals surface area contributed by atoms with Crippen molar-refractivity contribution in [2.45, 2.75) is 75.8 Å². The van der Waals surface area contributed by atoms with Gasteiger partial charge in [-0.25, -0.2) is 21.6 Å². The van der Waals surface area contributed by atoms with Crippen molar-refractivity contribution in [3.8, 4) is 11.5 Å². The third kappa shape index (κ3) is 9.03. The van der Waals surface area contributed by atoms with Gasteiger partial charge in [-0.2, -0.15) is 4.31 Å². The van der Waals surface area contributed by atoms with E-state index in [-0.39, 0.29) is 55.2 Å². The van der Waals surface area contributed by atoms with E-state index in [2.05, 4.69) is 4.72 Å². The number of hydrogen-bond donors (Lipinski definition) is 2. The molecular formula is C33H46N3O11S2-. The van der Waals surface area contributed by atoms with Crippen molar-refractivity contribution in [2.24, 2.45) is 11.3 Å². The fraction of sp³-hybridized carbons (Fsp3) is 0.606. The van der Waals surface area contributed by atoms with Gasteiger partial charge < -0.3 is 38.9 Å². The number of carbonyl (C=O) groups is 1. The molecule has 0 bridgehead atoms. The molecule has 2 fully saturated rings. The van der Waals surface area contributed by atoms with Crippen LogP contribution in [0, 0.1) is 11.3 Å². The first-order valence-corrected chi connectivity index (χ1v) is 19.6. The van der Waals surface area contributed by atoms with Crippen molar-refractivity contribution in [3.05, 3.63) is 54.1 Å². The van der Waals surface area contributed by atoms with E-state index in [0.29, 0.717) is 31.6 Å². The van der Waals surface area contributed by atoms with Crippen molar-refractivity contribution >= 4 is 26.1 Å². The van der Waals surface area contributed by atoms with Crippen LogP contribution in [0.5, 0.6) is 11.5 Å². The van der Waals surface area contributed by atoms with Gasteiger partial charge in [-0.3, -0.25) is 0 Å². The molecule has 2 saturated heterocycles. The zero-order chi connectivity index (χ0) is 35.4. The van der Waals surface area contributed by atoms with E-state index < -0.39 is 62.6 Å². The molecule has 3 aliphatic heterocycles. The number of aliphatic hydroxyl groups excluding tert-OH is 1. The van der Waals surface area contributed by atoms with Gasteiger partial charge in [0.15, 0.2) is 17.8 Å². The molecule has 3 heterocycles. The Balaban J connectivity index is 1.45. The number of aliphatic hydroxyl groups is 1. The predicted octanol–water partition coefficient (Wildman–Crippen LogP) is 1.53. The second-order valence-corrected chi connectivity index (χ2v) is 17.5. The molecule has 0 saturated carbocycles. The SMILES string of the molecule is CCS(=O)(=O)NCCCC(C)(C)CN(C[C@@H](O)[C@H](Cc1ccccc1)N(C(=O)[O-])[C@H]1CO[C@H]2OCC[C@H]21)S(=O)(=O)c1ccc2c(c1)OCO2. The lowest BCUT2D eigenvalue weighted by Gasteiger charge is -2.43. The standard InChI is InChI=1S/C33H47N3O11S2/c1-4-48(40,41)34-15-8-14-33(2,3)21-35(49(42,43)24-11-12-29-30(18-24)47-22-46-29)19-28(37)26(17-23-9-6-5-7-10-23)36(32(38)39)27-20-45-31-25(27)13-16-44-31/h5-7,9-12,18,25-28,31,34,37H,4,8,13-17,19-22H2,1-3H3,(H,38,39)/p-1/t25-,26-,27-,28+,31+/m0/s1. The first-order valence-electron chi connectivity index (χ1n) is 16.5. The number of nitrogens with one attached hydrogen (secondary N) is 1. The molecule has 0 radical (unpaired) electrons. The van der Waals surface area contributed by atoms with Crippen LogP contribution >= 0.6 is 0 Å². The number of hydrogen-bond acceptors (Lipinski definition) is 11. The van der Waals surface area contributed by atoms with Gasteiger partial charge in [0, 0.05) is 31.6 Å². The predicted molar refractivity (Wildman–Crippen MR) is 177 cm³/mol. The number of ether oxygens (including phenoxy) is 4. The van der Waals surface area contributed by atoms with Crippen molar-refractivity contribution < 1.29 is 50.8 Å². The van der Waals surface area contributed by atoms with Crippen LogP contribution in [0.3, 0.4) is 0 Å². The minimum absolute atomic E-state index is 0.0475. The quantitative estimate of drug-likeness (QED) is 0.226. The minimum atomic E-state index is -4.29. The Morgan fingerprint density at radius 3 is 2.53 bits per heavy atom. The zero-order valence-electron chi connectivity index (χ0n) is 28.0. The van der Waals surface area contributed by atoms with Crippen LogP contribution in [-0.2, 0) is 35.9 Å². The van der Waals surface area contributed by atoms with Crippen LogP contribution in [0.2, 0.25) is 0 Å². The molecule has 5 rings (SSSR count). The second-order valence-electron chi connectivity index (χ2n) is 13.5. The first-order chi connectivity index (χ1) is 23.2. The Kier molecular flexibility index (Phi) is 11.8. The number of carbonyl (C=O) groups excluding carboxylic acids is 1. The minimum Gasteiger partial charge on any atom is -0.530 e. The molecule has 2 aromatic rings. The highest BCUT2D eigenvalue weighted by molar-refractivity contribution is 7.89. The van der Waals surface area contributed by atoms with E-state index in [0.717, 1.165) is 10.5 Å². The van der Waals surface area contributed by atoms with Gasteiger partial charge in [0.05, 0.1) is 42.0 Å². The molecule has 1 amide bonds. The average molecular weight is 725 g/mol. The summed E-state index contributed by atoms with van der Waals surface area (Å²) >= 11 is 0. The van der Waals surface area contributed by atoms with Crippen LogP contribution in [-0.4, -0.2) is 107 Å². The monoisotopic (exact) mass is 724 g/mol. The molecule has 16 heteroatoms. The molecule has 14 nitrogen and oxygen atoms in total. The molecule has 0 unspecified atom stereocenters. The highest BCUT2D eigenvalue weighted by Gasteiger charge is 2.47. The van der Waals surface area contributed by atoms with Gasteiger partial charge in [0.1, 0.15) is 6.09 Å². The molecule has 0 aliphatic carbocycles. The van der Waals surface area contributed by atoms with Crippen LogP contribution in [0.1, 0.15) is 45.6 Å². The zero-order valence-corrected chi connectivity index (χ0v) is 29.7. The van der Waals surface area contributed by atoms with E-state index in [1.165, 1.54) is 22.5 Å². The summed E-state index contributed by atoms with van der Waals surface area (Å²) in [6.07, 6.45) is -2.01. The van der Waals surface area contributed by atoms with Crippen LogP contribution in [0.15, 0.2) is 53.4 Å². The summed E-state index contributed by atoms with van der Waals surface area (Å²) in [5.74, 6) is 0.357. The lowest BCUT2D eigenvalue weighted by molar-refractivity contribution is -0.273. The lowest BCUT2D eigenvalue weighted by atomic mass is 9.87. The Labute approximate surface area is 288 Å². The Morgan fingerprint density at radius 1 is 1.08 bits per heavy atom. The van der Waals surface area contributed by atoms with E-state index in [9.17, 15) is 31.8 Å². The van der Waals surface area contributed by atoms with Gasteiger partial charge in [-0.1, -0.05) is 44.2 Å². The van der Waals surface area contributed by atoms with Crippen molar-refractivity contribution in [3.63, 3.8) is 0 Å². The molecule has 0 aromatic heterocycles. The van der Waals surface area contributed by atoms with E-state index in [1.807, 2.05) is 32.0 Å². The molecule has 49 heavy (non-hydrogen) atoms. The van der Waals surface area contributed by atoms with Gasteiger partial charge >= 0.3 is 0 Å². The summed E-state index contributed by atoms with van der Waals surface area (Å²) in [6.45, 7) is 5.37. The maximum Gasteiger partial charge on any atom is 0.243 e. The summed E-state index contributed by atoms with van der Waals surface area (Å²) in [5, 5.41) is 24.9. The van der Waals surface area contributed by atoms with Gasteiger partial charge in [0.25, 0.3) is 0 Å². The van der Waals surface area contributed by atoms with E-state index >= 15 is 0 Å². The summed E-state index contributed by atoms with van der Waals surface area (Å²) < 4.78 is 78.6. The third-order valence-electron chi connectivity index (χ3n) is 9.37. The number of rotatable bonds is 17. The number of carboxylic acid groups (broad SMARTS) is 1. The Bertz CT molecular complexity index is 1660. The average Bonchev–Trinajstić information content (AvgIpc) is 3.81. The first kappa shape index (κ1) is 37.3. The van der Waals surface area contributed by atoms with Crippen molar-refractivity contribution in [1.29, 1.82) is 0 Å². The summed E-state index contributed by atoms with van der Waals surface area (Å²) in [6, 6.07) is 11.6. The van der Waals surface area contributed by atoms with Gasteiger partial charge in [-0.05, 0) is 55.7 Å². The highest BCUT2D eigenvalue weighted by atomic mass is 32.2. The van der Waals surface area contributed by atoms with Crippen LogP contribution in [0.25, 0.3) is 0 Å². The maximum atomic E-state index is 14.4. The molecule has 272 valence electrons. The smallest absolute Gasteiger partial charge is 0.243 e. The molecule has 5 atom stereocenters. The Hall–Kier alpha value is -2.99. The topological polar surface area (TPSA) is 184 Å². The Morgan fingerprint density at radius 2 is 1.82 bits per heavy atom. The largest absolute Gasteiger partial charge is 0.530 e. The van der Waals surface area contributed by atoms with E-state index in [1.54, 1.807) is 19.1 Å². The van der Waals surface area contributed by atoms with Crippen molar-refractivity contribution in [1.82, 2.24) is 13.9 Å². The van der Waals surface area contributed by atoms with Gasteiger partial charge in [-0.15, -0.1) is 0 Å². The van der Waals surface area contributed by atoms with Crippen LogP contribution in [0.4, 0.5) is 4.79 Å². The molecule has 2 N–H and O–H groups in total. The summed E-state index contributed by atoms with van der Waals surface area (Å²) in [7, 11) is -7.68. The normalized spacial score (nSPS) is 21.9. The molecule has 3 aliphatic rings. The second kappa shape index (κ2) is 15.5. The molecule has 0 spiro atoms. The fourth-order valence-electron chi connectivity index (χ4n) is 6.74. The number of fused-ring (bicyclic) bond motifs is 2. The third-order valence-corrected chi connectivity index (χ3v) is 12.6. The summed E-state index contributed by atoms with van der Waals surface area (Å²) in [4.78, 5) is 13.9. The van der Waals surface area contributed by atoms with E-state index in [4.69, 9.17) is 18.9 Å². The van der Waals surface area contributed by atoms with Crippen LogP contribution < -0.4 is 19.3 Å². The fourth-order valence-corrected chi connectivity index (χ4v) is 9.06. The summed E-state index contributed by atoms with van der Waals surface area (Å²) in [5.41, 5.74) is 0.0632. The molecule has 2 aromatic carbocycles. The maximum absolute atomic E-state index is 14.4. The highest BCUT2D eigenvalue weighted by Crippen LogP contribution is 2.38. The number of nitrogens with zero attached hydrogens (tertiary/aromatic N) is 2. The van der Waals surface area contributed by atoms with Gasteiger partial charge in [0.2, 0.25) is 26.8 Å². The number of benzene rings is 2. The number of sulfonamides is 2.